The molecule has 1 aliphatic rings. The maximum atomic E-state index is 11.6. The van der Waals surface area contributed by atoms with Gasteiger partial charge in [0.1, 0.15) is 18.8 Å². The van der Waals surface area contributed by atoms with Gasteiger partial charge in [-0.05, 0) is 0 Å². The third kappa shape index (κ3) is 7.21. The van der Waals surface area contributed by atoms with Crippen molar-refractivity contribution < 1.29 is 47.7 Å². The number of hydrogen-bond acceptors (Lipinski definition) is 10. The first-order chi connectivity index (χ1) is 12.5. The van der Waals surface area contributed by atoms with Gasteiger partial charge in [0, 0.05) is 34.6 Å². The van der Waals surface area contributed by atoms with E-state index in [1.807, 2.05) is 0 Å². The van der Waals surface area contributed by atoms with Gasteiger partial charge in [0.05, 0.1) is 0 Å². The van der Waals surface area contributed by atoms with Crippen LogP contribution >= 0.6 is 0 Å². The third-order valence-electron chi connectivity index (χ3n) is 3.35. The molecule has 0 aromatic carbocycles. The molecule has 0 bridgehead atoms. The summed E-state index contributed by atoms with van der Waals surface area (Å²) >= 11 is 0. The summed E-state index contributed by atoms with van der Waals surface area (Å²) in [5.41, 5.74) is 0. The molecule has 27 heavy (non-hydrogen) atoms. The minimum absolute atomic E-state index is 0.365. The van der Waals surface area contributed by atoms with E-state index < -0.39 is 60.4 Å². The maximum absolute atomic E-state index is 11.6. The minimum Gasteiger partial charge on any atom is -0.463 e. The van der Waals surface area contributed by atoms with Crippen molar-refractivity contribution in [3.63, 3.8) is 0 Å². The first-order valence-corrected chi connectivity index (χ1v) is 8.08. The van der Waals surface area contributed by atoms with Crippen molar-refractivity contribution in [2.24, 2.45) is 0 Å². The highest BCUT2D eigenvalue weighted by atomic mass is 16.7. The number of nitrogens with one attached hydrogen (secondary N) is 1. The zero-order chi connectivity index (χ0) is 20.7. The highest BCUT2D eigenvalue weighted by molar-refractivity contribution is 5.74. The van der Waals surface area contributed by atoms with Crippen LogP contribution in [0.2, 0.25) is 0 Å². The van der Waals surface area contributed by atoms with Gasteiger partial charge in [-0.3, -0.25) is 24.0 Å². The molecule has 0 unspecified atom stereocenters. The van der Waals surface area contributed by atoms with Crippen LogP contribution in [0.1, 0.15) is 34.6 Å². The molecule has 0 saturated carbocycles. The van der Waals surface area contributed by atoms with E-state index in [1.165, 1.54) is 6.92 Å². The average molecular weight is 389 g/mol. The van der Waals surface area contributed by atoms with Crippen LogP contribution < -0.4 is 5.32 Å². The first-order valence-electron chi connectivity index (χ1n) is 8.08. The molecule has 1 rings (SSSR count). The molecule has 1 aliphatic heterocycles. The molecule has 11 heteroatoms. The lowest BCUT2D eigenvalue weighted by atomic mass is 9.96. The van der Waals surface area contributed by atoms with Crippen LogP contribution in [0, 0.1) is 0 Å². The normalized spacial score (nSPS) is 27.1. The third-order valence-corrected chi connectivity index (χ3v) is 3.35. The molecule has 0 radical (unpaired) electrons. The second-order valence-corrected chi connectivity index (χ2v) is 5.83. The van der Waals surface area contributed by atoms with Crippen LogP contribution in [0.25, 0.3) is 0 Å². The Kier molecular flexibility index (Phi) is 8.16. The fraction of sp³-hybridized carbons (Fsp3) is 0.688. The molecule has 1 amide bonds. The van der Waals surface area contributed by atoms with E-state index in [2.05, 4.69) is 5.32 Å². The molecule has 5 atom stereocenters. The quantitative estimate of drug-likeness (QED) is 0.453. The van der Waals surface area contributed by atoms with Crippen molar-refractivity contribution in [1.29, 1.82) is 0 Å². The largest absolute Gasteiger partial charge is 0.463 e. The molecule has 0 aromatic rings. The SMILES string of the molecule is CC(=O)N[C@@H]1[C@H](OC(C)=O)O[C@H](COC(C)=O)[C@H](OC(C)=O)[C@H]1OC(C)=O. The Labute approximate surface area is 155 Å². The second kappa shape index (κ2) is 9.86. The van der Waals surface area contributed by atoms with Gasteiger partial charge in [-0.25, -0.2) is 0 Å². The monoisotopic (exact) mass is 389 g/mol. The van der Waals surface area contributed by atoms with Gasteiger partial charge in [0.2, 0.25) is 12.2 Å². The van der Waals surface area contributed by atoms with E-state index in [1.54, 1.807) is 0 Å². The fourth-order valence-corrected chi connectivity index (χ4v) is 2.55. The van der Waals surface area contributed by atoms with Crippen LogP contribution in [0.15, 0.2) is 0 Å². The Morgan fingerprint density at radius 3 is 1.74 bits per heavy atom. The molecule has 0 spiro atoms. The summed E-state index contributed by atoms with van der Waals surface area (Å²) in [7, 11) is 0. The summed E-state index contributed by atoms with van der Waals surface area (Å²) in [5.74, 6) is -3.34. The highest BCUT2D eigenvalue weighted by Gasteiger charge is 2.52. The Morgan fingerprint density at radius 2 is 1.30 bits per heavy atom. The summed E-state index contributed by atoms with van der Waals surface area (Å²) in [6.07, 6.45) is -4.97. The zero-order valence-corrected chi connectivity index (χ0v) is 15.7. The molecule has 1 heterocycles. The van der Waals surface area contributed by atoms with Crippen LogP contribution in [0.3, 0.4) is 0 Å². The van der Waals surface area contributed by atoms with Gasteiger partial charge in [-0.15, -0.1) is 0 Å². The van der Waals surface area contributed by atoms with Gasteiger partial charge in [0.25, 0.3) is 0 Å². The number of esters is 4. The summed E-state index contributed by atoms with van der Waals surface area (Å²) in [5, 5.41) is 2.46. The van der Waals surface area contributed by atoms with Crippen molar-refractivity contribution in [2.45, 2.75) is 65.3 Å². The molecular weight excluding hydrogens is 366 g/mol. The van der Waals surface area contributed by atoms with E-state index in [4.69, 9.17) is 23.7 Å². The van der Waals surface area contributed by atoms with Crippen molar-refractivity contribution in [3.8, 4) is 0 Å². The number of ether oxygens (including phenoxy) is 5. The first kappa shape index (κ1) is 22.4. The van der Waals surface area contributed by atoms with Crippen molar-refractivity contribution in [2.75, 3.05) is 6.61 Å². The van der Waals surface area contributed by atoms with Gasteiger partial charge >= 0.3 is 23.9 Å². The van der Waals surface area contributed by atoms with Crippen LogP contribution in [-0.4, -0.2) is 67.0 Å². The van der Waals surface area contributed by atoms with Crippen molar-refractivity contribution in [1.82, 2.24) is 5.32 Å². The summed E-state index contributed by atoms with van der Waals surface area (Å²) in [4.78, 5) is 57.2. The van der Waals surface area contributed by atoms with Crippen molar-refractivity contribution in [3.05, 3.63) is 0 Å². The lowest BCUT2D eigenvalue weighted by molar-refractivity contribution is -0.270. The van der Waals surface area contributed by atoms with Crippen LogP contribution in [0.5, 0.6) is 0 Å². The second-order valence-electron chi connectivity index (χ2n) is 5.83. The number of hydrogen-bond donors (Lipinski definition) is 1. The van der Waals surface area contributed by atoms with Crippen molar-refractivity contribution >= 4 is 29.8 Å². The highest BCUT2D eigenvalue weighted by Crippen LogP contribution is 2.28. The molecule has 0 aromatic heterocycles. The molecule has 11 nitrogen and oxygen atoms in total. The van der Waals surface area contributed by atoms with E-state index in [9.17, 15) is 24.0 Å². The van der Waals surface area contributed by atoms with E-state index >= 15 is 0 Å². The topological polar surface area (TPSA) is 144 Å². The Hall–Kier alpha value is -2.69. The lowest BCUT2D eigenvalue weighted by Gasteiger charge is -2.44. The molecule has 1 N–H and O–H groups in total. The fourth-order valence-electron chi connectivity index (χ4n) is 2.55. The smallest absolute Gasteiger partial charge is 0.305 e. The molecule has 0 aliphatic carbocycles. The van der Waals surface area contributed by atoms with E-state index in [0.29, 0.717) is 0 Å². The molecule has 152 valence electrons. The Morgan fingerprint density at radius 1 is 0.778 bits per heavy atom. The number of amides is 1. The van der Waals surface area contributed by atoms with Gasteiger partial charge in [0.15, 0.2) is 12.2 Å². The van der Waals surface area contributed by atoms with Crippen LogP contribution in [0.4, 0.5) is 0 Å². The molecular formula is C16H23NO10. The molecule has 1 fully saturated rings. The van der Waals surface area contributed by atoms with Gasteiger partial charge < -0.3 is 29.0 Å². The summed E-state index contributed by atoms with van der Waals surface area (Å²) in [6, 6.07) is -1.16. The standard InChI is InChI=1S/C16H23NO10/c1-7(18)17-13-15(25-10(4)21)14(24-9(3)20)12(6-23-8(2)19)27-16(13)26-11(5)22/h12-16H,6H2,1-5H3,(H,17,18)/t12-,13+,14+,15+,16-/m1/s1. The maximum Gasteiger partial charge on any atom is 0.305 e. The zero-order valence-electron chi connectivity index (χ0n) is 15.7. The Bertz CT molecular complexity index is 604. The summed E-state index contributed by atoms with van der Waals surface area (Å²) < 4.78 is 25.9. The predicted octanol–water partition coefficient (Wildman–Crippen LogP) is -0.794. The van der Waals surface area contributed by atoms with Gasteiger partial charge in [-0.2, -0.15) is 0 Å². The minimum atomic E-state index is -1.37. The summed E-state index contributed by atoms with van der Waals surface area (Å²) in [6.45, 7) is 5.36. The number of carbonyl (C=O) groups is 5. The van der Waals surface area contributed by atoms with Crippen LogP contribution in [-0.2, 0) is 47.7 Å². The molecule has 1 saturated heterocycles. The van der Waals surface area contributed by atoms with Gasteiger partial charge in [-0.1, -0.05) is 0 Å². The Balaban J connectivity index is 3.29. The predicted molar refractivity (Wildman–Crippen MR) is 85.8 cm³/mol. The average Bonchev–Trinajstić information content (AvgIpc) is 2.49. The number of rotatable bonds is 6. The lowest BCUT2D eigenvalue weighted by Crippen LogP contribution is -2.66. The van der Waals surface area contributed by atoms with E-state index in [0.717, 1.165) is 27.7 Å². The number of carbonyl (C=O) groups excluding carboxylic acids is 5. The van der Waals surface area contributed by atoms with E-state index in [-0.39, 0.29) is 6.61 Å².